The number of benzene rings is 1. The number of phenolic OH excluding ortho intramolecular Hbond substituents is 2. The molecule has 0 aliphatic heterocycles. The SMILES string of the molecule is O=C1C(Cl)=C(NCCC2CC2)C(=O)c2c(O)ccc(O)c21. The second-order valence-electron chi connectivity index (χ2n) is 5.36. The number of hydrogen-bond donors (Lipinski definition) is 3. The number of allylic oxidation sites excluding steroid dienone is 2. The van der Waals surface area contributed by atoms with Crippen molar-refractivity contribution in [2.75, 3.05) is 6.54 Å². The first-order valence-electron chi connectivity index (χ1n) is 6.78. The molecule has 5 nitrogen and oxygen atoms in total. The molecule has 6 heteroatoms. The van der Waals surface area contributed by atoms with E-state index in [1.54, 1.807) is 0 Å². The second-order valence-corrected chi connectivity index (χ2v) is 5.74. The number of carbonyl (C=O) groups excluding carboxylic acids is 2. The quantitative estimate of drug-likeness (QED) is 0.743. The highest BCUT2D eigenvalue weighted by Crippen LogP contribution is 2.38. The number of carbonyl (C=O) groups is 2. The molecule has 0 spiro atoms. The summed E-state index contributed by atoms with van der Waals surface area (Å²) in [6.45, 7) is 0.546. The summed E-state index contributed by atoms with van der Waals surface area (Å²) in [5.74, 6) is -1.26. The predicted molar refractivity (Wildman–Crippen MR) is 76.7 cm³/mol. The van der Waals surface area contributed by atoms with Gasteiger partial charge >= 0.3 is 0 Å². The van der Waals surface area contributed by atoms with Gasteiger partial charge in [0.25, 0.3) is 0 Å². The van der Waals surface area contributed by atoms with E-state index in [4.69, 9.17) is 11.6 Å². The fourth-order valence-electron chi connectivity index (χ4n) is 2.45. The minimum Gasteiger partial charge on any atom is -0.507 e. The van der Waals surface area contributed by atoms with Crippen LogP contribution in [0.1, 0.15) is 40.0 Å². The lowest BCUT2D eigenvalue weighted by atomic mass is 9.90. The van der Waals surface area contributed by atoms with Gasteiger partial charge in [-0.1, -0.05) is 24.4 Å². The molecule has 0 atom stereocenters. The Hall–Kier alpha value is -2.01. The number of nitrogens with one attached hydrogen (secondary N) is 1. The molecule has 0 saturated heterocycles. The third-order valence-corrected chi connectivity index (χ3v) is 4.17. The third-order valence-electron chi connectivity index (χ3n) is 3.81. The molecule has 0 unspecified atom stereocenters. The van der Waals surface area contributed by atoms with Crippen molar-refractivity contribution in [1.82, 2.24) is 5.32 Å². The molecular weight excluding hydrogens is 294 g/mol. The summed E-state index contributed by atoms with van der Waals surface area (Å²) in [5.41, 5.74) is -0.438. The van der Waals surface area contributed by atoms with E-state index >= 15 is 0 Å². The maximum Gasteiger partial charge on any atom is 0.215 e. The first-order valence-corrected chi connectivity index (χ1v) is 7.16. The normalized spacial score (nSPS) is 18.0. The summed E-state index contributed by atoms with van der Waals surface area (Å²) < 4.78 is 0. The van der Waals surface area contributed by atoms with Gasteiger partial charge in [-0.15, -0.1) is 0 Å². The van der Waals surface area contributed by atoms with Gasteiger partial charge in [-0.2, -0.15) is 0 Å². The fourth-order valence-corrected chi connectivity index (χ4v) is 2.70. The van der Waals surface area contributed by atoms with E-state index in [2.05, 4.69) is 5.32 Å². The summed E-state index contributed by atoms with van der Waals surface area (Å²) in [5, 5.41) is 22.2. The third kappa shape index (κ3) is 2.38. The van der Waals surface area contributed by atoms with Gasteiger partial charge in [0, 0.05) is 6.54 Å². The molecule has 2 aliphatic carbocycles. The zero-order valence-electron chi connectivity index (χ0n) is 11.1. The molecule has 1 saturated carbocycles. The zero-order chi connectivity index (χ0) is 15.1. The van der Waals surface area contributed by atoms with Gasteiger partial charge in [0.05, 0.1) is 11.1 Å². The van der Waals surface area contributed by atoms with Crippen LogP contribution in [-0.4, -0.2) is 28.3 Å². The van der Waals surface area contributed by atoms with Crippen LogP contribution >= 0.6 is 11.6 Å². The Morgan fingerprint density at radius 1 is 1.10 bits per heavy atom. The standard InChI is InChI=1S/C15H14ClNO4/c16-12-13(17-6-5-7-1-2-7)15(21)11-9(19)4-3-8(18)10(11)14(12)20/h3-4,7,17-19H,1-2,5-6H2. The Morgan fingerprint density at radius 3 is 2.24 bits per heavy atom. The minimum atomic E-state index is -0.659. The summed E-state index contributed by atoms with van der Waals surface area (Å²) in [4.78, 5) is 24.6. The van der Waals surface area contributed by atoms with E-state index < -0.39 is 11.6 Å². The van der Waals surface area contributed by atoms with Crippen LogP contribution in [0.3, 0.4) is 0 Å². The van der Waals surface area contributed by atoms with Crippen LogP contribution in [0, 0.1) is 5.92 Å². The Labute approximate surface area is 126 Å². The van der Waals surface area contributed by atoms with Crippen LogP contribution < -0.4 is 5.32 Å². The molecular formula is C15H14ClNO4. The maximum atomic E-state index is 12.4. The van der Waals surface area contributed by atoms with E-state index in [0.29, 0.717) is 12.5 Å². The van der Waals surface area contributed by atoms with E-state index in [1.165, 1.54) is 18.9 Å². The largest absolute Gasteiger partial charge is 0.507 e. The maximum absolute atomic E-state index is 12.4. The van der Waals surface area contributed by atoms with E-state index in [0.717, 1.165) is 12.5 Å². The Morgan fingerprint density at radius 2 is 1.67 bits per heavy atom. The first-order chi connectivity index (χ1) is 10.0. The molecule has 21 heavy (non-hydrogen) atoms. The molecule has 0 heterocycles. The molecule has 3 rings (SSSR count). The van der Waals surface area contributed by atoms with Crippen molar-refractivity contribution in [2.24, 2.45) is 5.92 Å². The molecule has 0 bridgehead atoms. The van der Waals surface area contributed by atoms with Crippen LogP contribution in [0.15, 0.2) is 22.9 Å². The number of fused-ring (bicyclic) bond motifs is 1. The summed E-state index contributed by atoms with van der Waals surface area (Å²) in [6, 6.07) is 2.34. The van der Waals surface area contributed by atoms with Gasteiger partial charge in [-0.25, -0.2) is 0 Å². The number of aromatic hydroxyl groups is 2. The van der Waals surface area contributed by atoms with Gasteiger partial charge in [-0.3, -0.25) is 9.59 Å². The topological polar surface area (TPSA) is 86.6 Å². The highest BCUT2D eigenvalue weighted by atomic mass is 35.5. The second kappa shape index (κ2) is 5.07. The molecule has 110 valence electrons. The number of Topliss-reactive ketones (excluding diaryl/α,β-unsaturated/α-hetero) is 2. The summed E-state index contributed by atoms with van der Waals surface area (Å²) in [7, 11) is 0. The monoisotopic (exact) mass is 307 g/mol. The van der Waals surface area contributed by atoms with Crippen molar-refractivity contribution in [3.05, 3.63) is 34.0 Å². The van der Waals surface area contributed by atoms with Crippen LogP contribution in [0.5, 0.6) is 11.5 Å². The van der Waals surface area contributed by atoms with E-state index in [-0.39, 0.29) is 33.4 Å². The number of halogens is 1. The highest BCUT2D eigenvalue weighted by molar-refractivity contribution is 6.50. The minimum absolute atomic E-state index is 0.00397. The van der Waals surface area contributed by atoms with Gasteiger partial charge in [0.2, 0.25) is 11.6 Å². The van der Waals surface area contributed by atoms with Crippen LogP contribution in [-0.2, 0) is 0 Å². The molecule has 0 radical (unpaired) electrons. The smallest absolute Gasteiger partial charge is 0.215 e. The number of hydrogen-bond acceptors (Lipinski definition) is 5. The van der Waals surface area contributed by atoms with Gasteiger partial charge in [0.15, 0.2) is 0 Å². The highest BCUT2D eigenvalue weighted by Gasteiger charge is 2.36. The zero-order valence-corrected chi connectivity index (χ0v) is 11.9. The van der Waals surface area contributed by atoms with Crippen LogP contribution in [0.2, 0.25) is 0 Å². The van der Waals surface area contributed by atoms with Crippen molar-refractivity contribution in [3.63, 3.8) is 0 Å². The lowest BCUT2D eigenvalue weighted by Gasteiger charge is -2.20. The summed E-state index contributed by atoms with van der Waals surface area (Å²) >= 11 is 5.96. The molecule has 1 aromatic rings. The average Bonchev–Trinajstić information content (AvgIpc) is 3.26. The van der Waals surface area contributed by atoms with E-state index in [1.807, 2.05) is 0 Å². The Balaban J connectivity index is 1.94. The fraction of sp³-hybridized carbons (Fsp3) is 0.333. The molecule has 0 aromatic heterocycles. The number of phenols is 2. The number of ketones is 2. The molecule has 1 aromatic carbocycles. The van der Waals surface area contributed by atoms with Crippen molar-refractivity contribution < 1.29 is 19.8 Å². The van der Waals surface area contributed by atoms with E-state index in [9.17, 15) is 19.8 Å². The van der Waals surface area contributed by atoms with Gasteiger partial charge in [0.1, 0.15) is 22.2 Å². The average molecular weight is 308 g/mol. The predicted octanol–water partition coefficient (Wildman–Crippen LogP) is 2.32. The Kier molecular flexibility index (Phi) is 3.37. The molecule has 0 amide bonds. The first kappa shape index (κ1) is 13.9. The van der Waals surface area contributed by atoms with Crippen LogP contribution in [0.4, 0.5) is 0 Å². The van der Waals surface area contributed by atoms with Crippen molar-refractivity contribution in [1.29, 1.82) is 0 Å². The van der Waals surface area contributed by atoms with Crippen molar-refractivity contribution in [2.45, 2.75) is 19.3 Å². The number of rotatable bonds is 4. The molecule has 1 fully saturated rings. The lowest BCUT2D eigenvalue weighted by Crippen LogP contribution is -2.30. The molecule has 2 aliphatic rings. The lowest BCUT2D eigenvalue weighted by molar-refractivity contribution is 0.0969. The van der Waals surface area contributed by atoms with Gasteiger partial charge in [-0.05, 0) is 24.5 Å². The van der Waals surface area contributed by atoms with Crippen LogP contribution in [0.25, 0.3) is 0 Å². The van der Waals surface area contributed by atoms with Gasteiger partial charge < -0.3 is 15.5 Å². The molecule has 3 N–H and O–H groups in total. The summed E-state index contributed by atoms with van der Waals surface area (Å²) in [6.07, 6.45) is 3.30. The Bertz CT molecular complexity index is 676. The van der Waals surface area contributed by atoms with Crippen molar-refractivity contribution >= 4 is 23.2 Å². The van der Waals surface area contributed by atoms with Crippen molar-refractivity contribution in [3.8, 4) is 11.5 Å².